The summed E-state index contributed by atoms with van der Waals surface area (Å²) < 4.78 is 0. The van der Waals surface area contributed by atoms with Gasteiger partial charge in [0, 0.05) is 0 Å². The number of hydrogen-bond acceptors (Lipinski definition) is 0. The van der Waals surface area contributed by atoms with Crippen LogP contribution in [-0.4, -0.2) is 0 Å². The first kappa shape index (κ1) is 10.3. The van der Waals surface area contributed by atoms with E-state index in [1.165, 1.54) is 33.4 Å². The number of fused-ring (bicyclic) bond motifs is 3. The van der Waals surface area contributed by atoms with Crippen LogP contribution in [0.25, 0.3) is 16.7 Å². The number of rotatable bonds is 1. The zero-order valence-electron chi connectivity index (χ0n) is 10.4. The fourth-order valence-electron chi connectivity index (χ4n) is 2.58. The molecule has 0 aromatic heterocycles. The van der Waals surface area contributed by atoms with E-state index in [1.54, 1.807) is 0 Å². The van der Waals surface area contributed by atoms with Gasteiger partial charge in [-0.3, -0.25) is 0 Å². The molecule has 1 aliphatic carbocycles. The molecule has 0 N–H and O–H groups in total. The van der Waals surface area contributed by atoms with Gasteiger partial charge in [-0.15, -0.1) is 0 Å². The van der Waals surface area contributed by atoms with E-state index in [1.807, 2.05) is 0 Å². The Labute approximate surface area is 103 Å². The molecule has 0 heteroatoms. The first-order chi connectivity index (χ1) is 8.15. The molecule has 0 heterocycles. The number of hydrogen-bond donors (Lipinski definition) is 0. The molecule has 84 valence electrons. The highest BCUT2D eigenvalue weighted by molar-refractivity contribution is 5.80. The van der Waals surface area contributed by atoms with Crippen molar-refractivity contribution in [2.45, 2.75) is 20.3 Å². The Hall–Kier alpha value is -1.82. The number of aryl methyl sites for hydroxylation is 1. The molecule has 0 saturated carbocycles. The average Bonchev–Trinajstić information content (AvgIpc) is 2.64. The van der Waals surface area contributed by atoms with Crippen LogP contribution in [0.15, 0.2) is 43.0 Å². The predicted octanol–water partition coefficient (Wildman–Crippen LogP) is 4.60. The van der Waals surface area contributed by atoms with E-state index < -0.39 is 0 Å². The van der Waals surface area contributed by atoms with Crippen molar-refractivity contribution in [2.75, 3.05) is 0 Å². The van der Waals surface area contributed by atoms with Crippen molar-refractivity contribution in [3.63, 3.8) is 0 Å². The average molecular weight is 220 g/mol. The highest BCUT2D eigenvalue weighted by atomic mass is 14.2. The lowest BCUT2D eigenvalue weighted by atomic mass is 10.00. The molecule has 0 spiro atoms. The van der Waals surface area contributed by atoms with Crippen LogP contribution in [0.4, 0.5) is 0 Å². The van der Waals surface area contributed by atoms with Crippen LogP contribution in [0.5, 0.6) is 0 Å². The third-order valence-electron chi connectivity index (χ3n) is 3.53. The molecule has 0 unspecified atom stereocenters. The Morgan fingerprint density at radius 2 is 1.82 bits per heavy atom. The predicted molar refractivity (Wildman–Crippen MR) is 74.1 cm³/mol. The maximum Gasteiger partial charge on any atom is -0.00133 e. The number of allylic oxidation sites excluding steroid dienone is 1. The van der Waals surface area contributed by atoms with Gasteiger partial charge in [0.1, 0.15) is 0 Å². The van der Waals surface area contributed by atoms with Crippen molar-refractivity contribution in [3.05, 3.63) is 65.2 Å². The van der Waals surface area contributed by atoms with Crippen molar-refractivity contribution in [1.29, 1.82) is 0 Å². The molecular formula is C17H16. The topological polar surface area (TPSA) is 0 Å². The van der Waals surface area contributed by atoms with E-state index in [9.17, 15) is 0 Å². The van der Waals surface area contributed by atoms with Gasteiger partial charge in [0.25, 0.3) is 0 Å². The Kier molecular flexibility index (Phi) is 2.19. The molecule has 0 fully saturated rings. The molecule has 0 saturated heterocycles. The van der Waals surface area contributed by atoms with Crippen molar-refractivity contribution in [1.82, 2.24) is 0 Å². The zero-order chi connectivity index (χ0) is 12.0. The fourth-order valence-corrected chi connectivity index (χ4v) is 2.58. The third-order valence-corrected chi connectivity index (χ3v) is 3.53. The molecule has 0 amide bonds. The van der Waals surface area contributed by atoms with E-state index in [0.717, 1.165) is 12.0 Å². The van der Waals surface area contributed by atoms with E-state index in [2.05, 4.69) is 56.8 Å². The van der Waals surface area contributed by atoms with E-state index in [-0.39, 0.29) is 0 Å². The molecule has 0 atom stereocenters. The maximum atomic E-state index is 4.02. The summed E-state index contributed by atoms with van der Waals surface area (Å²) in [6, 6.07) is 13.4. The Morgan fingerprint density at radius 1 is 1.00 bits per heavy atom. The maximum absolute atomic E-state index is 4.02. The molecular weight excluding hydrogens is 204 g/mol. The van der Waals surface area contributed by atoms with Gasteiger partial charge in [-0.2, -0.15) is 0 Å². The largest absolute Gasteiger partial charge is 0.0955 e. The van der Waals surface area contributed by atoms with Gasteiger partial charge >= 0.3 is 0 Å². The van der Waals surface area contributed by atoms with Gasteiger partial charge in [-0.1, -0.05) is 48.0 Å². The van der Waals surface area contributed by atoms with Crippen LogP contribution in [0.3, 0.4) is 0 Å². The summed E-state index contributed by atoms with van der Waals surface area (Å²) in [4.78, 5) is 0. The van der Waals surface area contributed by atoms with Gasteiger partial charge < -0.3 is 0 Å². The van der Waals surface area contributed by atoms with Gasteiger partial charge in [0.05, 0.1) is 0 Å². The molecule has 0 radical (unpaired) electrons. The van der Waals surface area contributed by atoms with Gasteiger partial charge in [0.2, 0.25) is 0 Å². The van der Waals surface area contributed by atoms with Crippen LogP contribution in [0, 0.1) is 6.92 Å². The lowest BCUT2D eigenvalue weighted by Crippen LogP contribution is -1.83. The zero-order valence-corrected chi connectivity index (χ0v) is 10.4. The normalized spacial score (nSPS) is 12.1. The minimum absolute atomic E-state index is 1.07. The summed E-state index contributed by atoms with van der Waals surface area (Å²) in [5.41, 5.74) is 9.41. The van der Waals surface area contributed by atoms with Crippen LogP contribution >= 0.6 is 0 Å². The van der Waals surface area contributed by atoms with Crippen LogP contribution in [0.1, 0.15) is 29.2 Å². The Balaban J connectivity index is 2.20. The number of benzene rings is 2. The van der Waals surface area contributed by atoms with Crippen molar-refractivity contribution in [3.8, 4) is 11.1 Å². The van der Waals surface area contributed by atoms with E-state index in [4.69, 9.17) is 0 Å². The lowest BCUT2D eigenvalue weighted by Gasteiger charge is -2.05. The molecule has 2 aromatic rings. The van der Waals surface area contributed by atoms with Crippen LogP contribution in [-0.2, 0) is 6.42 Å². The summed E-state index contributed by atoms with van der Waals surface area (Å²) >= 11 is 0. The first-order valence-corrected chi connectivity index (χ1v) is 6.04. The molecule has 0 bridgehead atoms. The van der Waals surface area contributed by atoms with Crippen molar-refractivity contribution < 1.29 is 0 Å². The highest BCUT2D eigenvalue weighted by Gasteiger charge is 2.18. The fraction of sp³-hybridized carbons (Fsp3) is 0.176. The molecule has 3 rings (SSSR count). The Morgan fingerprint density at radius 3 is 2.59 bits per heavy atom. The SMILES string of the molecule is C=C(C)c1ccc2c(c1)-c1ccc(C)cc1C2. The first-order valence-electron chi connectivity index (χ1n) is 6.04. The van der Waals surface area contributed by atoms with Crippen LogP contribution < -0.4 is 0 Å². The standard InChI is InChI=1S/C17H16/c1-11(2)13-5-6-14-9-15-8-12(3)4-7-16(15)17(14)10-13/h4-8,10H,1,9H2,2-3H3. The smallest absolute Gasteiger partial charge is 0.00133 e. The molecule has 0 aliphatic heterocycles. The summed E-state index contributed by atoms with van der Waals surface area (Å²) in [5.74, 6) is 0. The van der Waals surface area contributed by atoms with Gasteiger partial charge in [0.15, 0.2) is 0 Å². The molecule has 2 aromatic carbocycles. The second-order valence-corrected chi connectivity index (χ2v) is 4.99. The molecule has 1 aliphatic rings. The monoisotopic (exact) mass is 220 g/mol. The van der Waals surface area contributed by atoms with Crippen molar-refractivity contribution in [2.24, 2.45) is 0 Å². The summed E-state index contributed by atoms with van der Waals surface area (Å²) in [5, 5.41) is 0. The molecule has 0 nitrogen and oxygen atoms in total. The second kappa shape index (κ2) is 3.59. The van der Waals surface area contributed by atoms with Crippen molar-refractivity contribution >= 4 is 5.57 Å². The summed E-state index contributed by atoms with van der Waals surface area (Å²) in [6.45, 7) is 8.24. The van der Waals surface area contributed by atoms with E-state index in [0.29, 0.717) is 0 Å². The second-order valence-electron chi connectivity index (χ2n) is 4.99. The minimum atomic E-state index is 1.07. The van der Waals surface area contributed by atoms with Gasteiger partial charge in [-0.05, 0) is 54.2 Å². The Bertz CT molecular complexity index is 618. The summed E-state index contributed by atoms with van der Waals surface area (Å²) in [7, 11) is 0. The lowest BCUT2D eigenvalue weighted by molar-refractivity contribution is 1.25. The third kappa shape index (κ3) is 1.61. The van der Waals surface area contributed by atoms with Gasteiger partial charge in [-0.25, -0.2) is 0 Å². The van der Waals surface area contributed by atoms with Crippen LogP contribution in [0.2, 0.25) is 0 Å². The molecule has 17 heavy (non-hydrogen) atoms. The van der Waals surface area contributed by atoms with E-state index >= 15 is 0 Å². The quantitative estimate of drug-likeness (QED) is 0.562. The minimum Gasteiger partial charge on any atom is -0.0955 e. The highest BCUT2D eigenvalue weighted by Crippen LogP contribution is 2.38. The summed E-state index contributed by atoms with van der Waals surface area (Å²) in [6.07, 6.45) is 1.07.